The highest BCUT2D eigenvalue weighted by atomic mass is 16.4. The van der Waals surface area contributed by atoms with Gasteiger partial charge in [0.1, 0.15) is 6.04 Å². The number of nitrogens with zero attached hydrogens (tertiary/aromatic N) is 2. The van der Waals surface area contributed by atoms with Crippen molar-refractivity contribution < 1.29 is 9.90 Å². The van der Waals surface area contributed by atoms with Crippen molar-refractivity contribution in [1.82, 2.24) is 4.90 Å². The van der Waals surface area contributed by atoms with Crippen LogP contribution in [0.3, 0.4) is 0 Å². The van der Waals surface area contributed by atoms with E-state index in [-0.39, 0.29) is 5.96 Å². The fourth-order valence-corrected chi connectivity index (χ4v) is 1.14. The zero-order valence-electron chi connectivity index (χ0n) is 7.76. The number of aliphatic imine (C=N–C) groups is 1. The Morgan fingerprint density at radius 2 is 2.14 bits per heavy atom. The minimum Gasteiger partial charge on any atom is -0.480 e. The first-order valence-corrected chi connectivity index (χ1v) is 4.35. The summed E-state index contributed by atoms with van der Waals surface area (Å²) in [5.74, 6) is -0.776. The Morgan fingerprint density at radius 3 is 2.57 bits per heavy atom. The smallest absolute Gasteiger partial charge is 0.326 e. The number of rotatable bonds is 6. The molecule has 0 fully saturated rings. The van der Waals surface area contributed by atoms with Crippen LogP contribution in [-0.4, -0.2) is 34.5 Å². The molecule has 1 heterocycles. The average molecular weight is 198 g/mol. The highest BCUT2D eigenvalue weighted by Crippen LogP contribution is 2.17. The molecule has 6 nitrogen and oxygen atoms in total. The van der Waals surface area contributed by atoms with Crippen LogP contribution in [0.25, 0.3) is 0 Å². The van der Waals surface area contributed by atoms with Gasteiger partial charge in [-0.05, 0) is 12.8 Å². The summed E-state index contributed by atoms with van der Waals surface area (Å²) in [6.07, 6.45) is 4.67. The third kappa shape index (κ3) is 3.34. The van der Waals surface area contributed by atoms with Gasteiger partial charge in [0.05, 0.1) is 0 Å². The van der Waals surface area contributed by atoms with Gasteiger partial charge in [-0.1, -0.05) is 0 Å². The third-order valence-electron chi connectivity index (χ3n) is 1.90. The lowest BCUT2D eigenvalue weighted by Gasteiger charge is -2.13. The van der Waals surface area contributed by atoms with E-state index in [1.54, 1.807) is 17.3 Å². The minimum absolute atomic E-state index is 0.0433. The van der Waals surface area contributed by atoms with Crippen LogP contribution in [0.5, 0.6) is 0 Å². The Kier molecular flexibility index (Phi) is 3.33. The summed E-state index contributed by atoms with van der Waals surface area (Å²) in [7, 11) is 0. The van der Waals surface area contributed by atoms with Crippen molar-refractivity contribution >= 4 is 11.9 Å². The van der Waals surface area contributed by atoms with E-state index in [9.17, 15) is 4.79 Å². The van der Waals surface area contributed by atoms with Crippen molar-refractivity contribution in [3.63, 3.8) is 0 Å². The van der Waals surface area contributed by atoms with E-state index in [4.69, 9.17) is 16.6 Å². The number of carboxylic acid groups (broad SMARTS) is 1. The van der Waals surface area contributed by atoms with Crippen LogP contribution in [-0.2, 0) is 4.79 Å². The summed E-state index contributed by atoms with van der Waals surface area (Å²) in [5, 5.41) is 8.83. The van der Waals surface area contributed by atoms with Crippen LogP contribution in [0.4, 0.5) is 0 Å². The molecule has 0 aromatic heterocycles. The van der Waals surface area contributed by atoms with E-state index in [0.29, 0.717) is 19.4 Å². The molecule has 5 N–H and O–H groups in total. The lowest BCUT2D eigenvalue weighted by Crippen LogP contribution is -2.29. The minimum atomic E-state index is -0.820. The zero-order chi connectivity index (χ0) is 10.6. The molecule has 1 atom stereocenters. The number of carboxylic acids is 1. The molecular weight excluding hydrogens is 184 g/mol. The number of guanidine groups is 1. The maximum atomic E-state index is 10.7. The van der Waals surface area contributed by atoms with E-state index in [2.05, 4.69) is 4.99 Å². The van der Waals surface area contributed by atoms with E-state index in [1.165, 1.54) is 0 Å². The van der Waals surface area contributed by atoms with Crippen LogP contribution in [0.15, 0.2) is 17.4 Å². The Morgan fingerprint density at radius 1 is 1.50 bits per heavy atom. The molecule has 0 amide bonds. The molecule has 0 aromatic carbocycles. The van der Waals surface area contributed by atoms with Gasteiger partial charge in [0, 0.05) is 18.9 Å². The van der Waals surface area contributed by atoms with Gasteiger partial charge in [0.2, 0.25) is 0 Å². The summed E-state index contributed by atoms with van der Waals surface area (Å²) >= 11 is 0. The zero-order valence-corrected chi connectivity index (χ0v) is 7.76. The van der Waals surface area contributed by atoms with Gasteiger partial charge in [-0.3, -0.25) is 4.99 Å². The standard InChI is InChI=1S/C8H14N4O2/c9-8(10)11-3-1-2-6(7(13)14)12-4-5-12/h4-6H,1-3H2,(H,13,14)(H4,9,10,11)/t6-/m1/s1. The number of aliphatic carboxylic acids is 1. The first kappa shape index (κ1) is 10.4. The molecule has 0 aromatic rings. The third-order valence-corrected chi connectivity index (χ3v) is 1.90. The maximum absolute atomic E-state index is 10.7. The summed E-state index contributed by atoms with van der Waals surface area (Å²) < 4.78 is 0. The van der Waals surface area contributed by atoms with Crippen molar-refractivity contribution in [3.05, 3.63) is 12.4 Å². The Balaban J connectivity index is 2.20. The number of hydrogen-bond acceptors (Lipinski definition) is 3. The predicted octanol–water partition coefficient (Wildman–Crippen LogP) is -0.720. The second-order valence-corrected chi connectivity index (χ2v) is 3.05. The molecule has 14 heavy (non-hydrogen) atoms. The molecule has 0 unspecified atom stereocenters. The molecular formula is C8H14N4O2. The van der Waals surface area contributed by atoms with Crippen molar-refractivity contribution in [2.24, 2.45) is 16.5 Å². The van der Waals surface area contributed by atoms with Crippen LogP contribution >= 0.6 is 0 Å². The molecule has 6 heteroatoms. The largest absolute Gasteiger partial charge is 0.480 e. The van der Waals surface area contributed by atoms with Crippen LogP contribution in [0.1, 0.15) is 12.8 Å². The Labute approximate surface area is 81.9 Å². The SMILES string of the molecule is NC(N)=NCCC[C@H](C(=O)O)N1C=C1. The van der Waals surface area contributed by atoms with Crippen LogP contribution < -0.4 is 11.5 Å². The van der Waals surface area contributed by atoms with Gasteiger partial charge in [-0.2, -0.15) is 0 Å². The predicted molar refractivity (Wildman–Crippen MR) is 52.3 cm³/mol. The quantitative estimate of drug-likeness (QED) is 0.297. The lowest BCUT2D eigenvalue weighted by molar-refractivity contribution is -0.141. The van der Waals surface area contributed by atoms with E-state index in [1.807, 2.05) is 0 Å². The molecule has 0 radical (unpaired) electrons. The molecule has 0 saturated carbocycles. The van der Waals surface area contributed by atoms with Gasteiger partial charge in [0.15, 0.2) is 5.96 Å². The van der Waals surface area contributed by atoms with Gasteiger partial charge >= 0.3 is 5.97 Å². The molecule has 0 aliphatic carbocycles. The second-order valence-electron chi connectivity index (χ2n) is 3.05. The molecule has 0 bridgehead atoms. The molecule has 78 valence electrons. The fraction of sp³-hybridized carbons (Fsp3) is 0.500. The second kappa shape index (κ2) is 4.50. The van der Waals surface area contributed by atoms with Crippen molar-refractivity contribution in [3.8, 4) is 0 Å². The lowest BCUT2D eigenvalue weighted by atomic mass is 10.1. The molecule has 1 aliphatic heterocycles. The Bertz CT molecular complexity index is 265. The first-order valence-electron chi connectivity index (χ1n) is 4.35. The monoisotopic (exact) mass is 198 g/mol. The number of nitrogens with two attached hydrogens (primary N) is 2. The first-order chi connectivity index (χ1) is 6.61. The summed E-state index contributed by atoms with van der Waals surface area (Å²) in [4.78, 5) is 16.2. The summed E-state index contributed by atoms with van der Waals surface area (Å²) in [6.45, 7) is 0.472. The van der Waals surface area contributed by atoms with Gasteiger partial charge in [-0.25, -0.2) is 4.79 Å². The molecule has 1 aliphatic rings. The fourth-order valence-electron chi connectivity index (χ4n) is 1.14. The van der Waals surface area contributed by atoms with Gasteiger partial charge in [-0.15, -0.1) is 0 Å². The van der Waals surface area contributed by atoms with Crippen LogP contribution in [0.2, 0.25) is 0 Å². The number of hydrogen-bond donors (Lipinski definition) is 3. The van der Waals surface area contributed by atoms with E-state index in [0.717, 1.165) is 0 Å². The maximum Gasteiger partial charge on any atom is 0.326 e. The average Bonchev–Trinajstić information content (AvgIpc) is 2.86. The van der Waals surface area contributed by atoms with E-state index < -0.39 is 12.0 Å². The molecule has 0 spiro atoms. The highest BCUT2D eigenvalue weighted by Gasteiger charge is 2.25. The van der Waals surface area contributed by atoms with Gasteiger partial charge in [0.25, 0.3) is 0 Å². The van der Waals surface area contributed by atoms with Crippen molar-refractivity contribution in [2.45, 2.75) is 18.9 Å². The summed E-state index contributed by atoms with van der Waals surface area (Å²) in [6, 6.07) is -0.468. The van der Waals surface area contributed by atoms with E-state index >= 15 is 0 Å². The Hall–Kier alpha value is -1.72. The number of carbonyl (C=O) groups is 1. The normalized spacial score (nSPS) is 15.0. The summed E-state index contributed by atoms with van der Waals surface area (Å²) in [5.41, 5.74) is 10.3. The highest BCUT2D eigenvalue weighted by molar-refractivity contribution is 5.75. The molecule has 0 saturated heterocycles. The molecule has 1 rings (SSSR count). The topological polar surface area (TPSA) is 105 Å². The van der Waals surface area contributed by atoms with Gasteiger partial charge < -0.3 is 21.5 Å². The van der Waals surface area contributed by atoms with Crippen LogP contribution in [0, 0.1) is 0 Å². The van der Waals surface area contributed by atoms with Crippen molar-refractivity contribution in [2.75, 3.05) is 6.54 Å². The van der Waals surface area contributed by atoms with Crippen molar-refractivity contribution in [1.29, 1.82) is 0 Å².